The molecule has 0 aliphatic rings. The van der Waals surface area contributed by atoms with Crippen molar-refractivity contribution in [3.05, 3.63) is 65.9 Å². The number of nitrogens with one attached hydrogen (secondary N) is 1. The van der Waals surface area contributed by atoms with Gasteiger partial charge in [0.1, 0.15) is 0 Å². The lowest BCUT2D eigenvalue weighted by atomic mass is 10.2. The van der Waals surface area contributed by atoms with E-state index in [9.17, 15) is 4.79 Å². The highest BCUT2D eigenvalue weighted by Crippen LogP contribution is 2.22. The van der Waals surface area contributed by atoms with Gasteiger partial charge in [0.05, 0.1) is 12.1 Å². The number of fused-ring (bicyclic) bond motifs is 1. The first-order valence-corrected chi connectivity index (χ1v) is 8.25. The summed E-state index contributed by atoms with van der Waals surface area (Å²) >= 11 is 0. The number of pyridine rings is 1. The number of nitrogens with zero attached hydrogens (tertiary/aromatic N) is 5. The van der Waals surface area contributed by atoms with Gasteiger partial charge in [0, 0.05) is 18.2 Å². The Morgan fingerprint density at radius 3 is 2.77 bits per heavy atom. The molecule has 0 bridgehead atoms. The minimum atomic E-state index is -0.164. The van der Waals surface area contributed by atoms with Crippen molar-refractivity contribution in [1.82, 2.24) is 30.1 Å². The van der Waals surface area contributed by atoms with E-state index in [1.807, 2.05) is 43.5 Å². The number of hydrogen-bond donors (Lipinski definition) is 1. The third-order valence-corrected chi connectivity index (χ3v) is 3.96. The summed E-state index contributed by atoms with van der Waals surface area (Å²) in [6.07, 6.45) is 2.52. The Morgan fingerprint density at radius 2 is 2.00 bits per heavy atom. The molecule has 1 N–H and O–H groups in total. The second kappa shape index (κ2) is 6.75. The molecule has 0 aliphatic heterocycles. The van der Waals surface area contributed by atoms with Gasteiger partial charge in [-0.2, -0.15) is 4.98 Å². The van der Waals surface area contributed by atoms with Gasteiger partial charge in [-0.3, -0.25) is 9.20 Å². The van der Waals surface area contributed by atoms with Crippen LogP contribution in [0.5, 0.6) is 0 Å². The molecule has 0 aliphatic carbocycles. The standard InChI is InChI=1S/C18H16N6O2/c1-2-14-20-18(26-23-14)13-9-6-10-24-15(21-22-16(13)24)11-19-17(25)12-7-4-3-5-8-12/h3-10H,2,11H2,1H3,(H,19,25). The van der Waals surface area contributed by atoms with Crippen LogP contribution in [0.25, 0.3) is 17.1 Å². The second-order valence-electron chi connectivity index (χ2n) is 5.65. The lowest BCUT2D eigenvalue weighted by molar-refractivity contribution is 0.0950. The van der Waals surface area contributed by atoms with E-state index >= 15 is 0 Å². The van der Waals surface area contributed by atoms with Crippen LogP contribution in [-0.4, -0.2) is 30.6 Å². The van der Waals surface area contributed by atoms with E-state index in [4.69, 9.17) is 4.52 Å². The zero-order chi connectivity index (χ0) is 17.9. The molecule has 4 rings (SSSR count). The molecule has 0 spiro atoms. The average molecular weight is 348 g/mol. The van der Waals surface area contributed by atoms with Crippen LogP contribution in [-0.2, 0) is 13.0 Å². The Labute approximate surface area is 148 Å². The average Bonchev–Trinajstić information content (AvgIpc) is 3.33. The SMILES string of the molecule is CCc1noc(-c2cccn3c(CNC(=O)c4ccccc4)nnc23)n1. The monoisotopic (exact) mass is 348 g/mol. The fourth-order valence-electron chi connectivity index (χ4n) is 2.61. The molecule has 0 unspecified atom stereocenters. The summed E-state index contributed by atoms with van der Waals surface area (Å²) in [6.45, 7) is 2.21. The van der Waals surface area contributed by atoms with Crippen molar-refractivity contribution in [3.63, 3.8) is 0 Å². The van der Waals surface area contributed by atoms with Crippen molar-refractivity contribution in [2.75, 3.05) is 0 Å². The van der Waals surface area contributed by atoms with Crippen LogP contribution in [0, 0.1) is 0 Å². The molecule has 4 aromatic rings. The molecule has 26 heavy (non-hydrogen) atoms. The summed E-state index contributed by atoms with van der Waals surface area (Å²) in [6, 6.07) is 12.7. The molecule has 1 aromatic carbocycles. The van der Waals surface area contributed by atoms with Gasteiger partial charge in [-0.05, 0) is 24.3 Å². The third-order valence-electron chi connectivity index (χ3n) is 3.96. The maximum Gasteiger partial charge on any atom is 0.261 e. The molecule has 3 heterocycles. The zero-order valence-corrected chi connectivity index (χ0v) is 14.1. The molecular formula is C18H16N6O2. The van der Waals surface area contributed by atoms with Gasteiger partial charge in [-0.1, -0.05) is 30.3 Å². The highest BCUT2D eigenvalue weighted by Gasteiger charge is 2.16. The number of aromatic nitrogens is 5. The minimum Gasteiger partial charge on any atom is -0.345 e. The van der Waals surface area contributed by atoms with Crippen molar-refractivity contribution in [2.24, 2.45) is 0 Å². The Hall–Kier alpha value is -3.55. The highest BCUT2D eigenvalue weighted by atomic mass is 16.5. The van der Waals surface area contributed by atoms with Crippen molar-refractivity contribution in [2.45, 2.75) is 19.9 Å². The molecule has 1 amide bonds. The van der Waals surface area contributed by atoms with E-state index in [1.165, 1.54) is 0 Å². The Morgan fingerprint density at radius 1 is 1.15 bits per heavy atom. The number of carbonyl (C=O) groups is 1. The number of aryl methyl sites for hydroxylation is 1. The van der Waals surface area contributed by atoms with Gasteiger partial charge in [-0.15, -0.1) is 10.2 Å². The number of rotatable bonds is 5. The molecule has 8 heteroatoms. The fourth-order valence-corrected chi connectivity index (χ4v) is 2.61. The smallest absolute Gasteiger partial charge is 0.261 e. The van der Waals surface area contributed by atoms with Crippen LogP contribution in [0.3, 0.4) is 0 Å². The minimum absolute atomic E-state index is 0.164. The first kappa shape index (κ1) is 15.9. The first-order valence-electron chi connectivity index (χ1n) is 8.25. The maximum atomic E-state index is 12.2. The number of benzene rings is 1. The van der Waals surface area contributed by atoms with Gasteiger partial charge < -0.3 is 9.84 Å². The number of carbonyl (C=O) groups excluding carboxylic acids is 1. The molecule has 130 valence electrons. The number of amides is 1. The second-order valence-corrected chi connectivity index (χ2v) is 5.65. The Bertz CT molecular complexity index is 1050. The number of hydrogen-bond acceptors (Lipinski definition) is 6. The van der Waals surface area contributed by atoms with Gasteiger partial charge in [0.2, 0.25) is 0 Å². The van der Waals surface area contributed by atoms with E-state index in [0.717, 1.165) is 0 Å². The van der Waals surface area contributed by atoms with E-state index in [0.29, 0.717) is 40.7 Å². The van der Waals surface area contributed by atoms with Gasteiger partial charge in [-0.25, -0.2) is 0 Å². The summed E-state index contributed by atoms with van der Waals surface area (Å²) in [4.78, 5) is 16.5. The van der Waals surface area contributed by atoms with Crippen LogP contribution in [0.4, 0.5) is 0 Å². The van der Waals surface area contributed by atoms with Gasteiger partial charge in [0.25, 0.3) is 11.8 Å². The van der Waals surface area contributed by atoms with E-state index < -0.39 is 0 Å². The molecule has 0 fully saturated rings. The van der Waals surface area contributed by atoms with E-state index in [2.05, 4.69) is 25.7 Å². The maximum absolute atomic E-state index is 12.2. The van der Waals surface area contributed by atoms with E-state index in [1.54, 1.807) is 16.5 Å². The highest BCUT2D eigenvalue weighted by molar-refractivity contribution is 5.94. The van der Waals surface area contributed by atoms with Crippen LogP contribution < -0.4 is 5.32 Å². The molecule has 0 radical (unpaired) electrons. The normalized spacial score (nSPS) is 11.0. The van der Waals surface area contributed by atoms with Gasteiger partial charge >= 0.3 is 0 Å². The molecule has 0 saturated carbocycles. The van der Waals surface area contributed by atoms with Crippen molar-refractivity contribution >= 4 is 11.6 Å². The van der Waals surface area contributed by atoms with Crippen molar-refractivity contribution < 1.29 is 9.32 Å². The van der Waals surface area contributed by atoms with Crippen LogP contribution in [0.15, 0.2) is 53.2 Å². The topological polar surface area (TPSA) is 98.2 Å². The quantitative estimate of drug-likeness (QED) is 0.594. The predicted molar refractivity (Wildman–Crippen MR) is 93.3 cm³/mol. The first-order chi connectivity index (χ1) is 12.8. The van der Waals surface area contributed by atoms with Crippen LogP contribution >= 0.6 is 0 Å². The Kier molecular flexibility index (Phi) is 4.14. The van der Waals surface area contributed by atoms with Gasteiger partial charge in [0.15, 0.2) is 17.3 Å². The zero-order valence-electron chi connectivity index (χ0n) is 14.1. The summed E-state index contributed by atoms with van der Waals surface area (Å²) in [7, 11) is 0. The molecule has 8 nitrogen and oxygen atoms in total. The third kappa shape index (κ3) is 2.92. The molecule has 3 aromatic heterocycles. The van der Waals surface area contributed by atoms with Crippen molar-refractivity contribution in [1.29, 1.82) is 0 Å². The summed E-state index contributed by atoms with van der Waals surface area (Å²) in [5.41, 5.74) is 1.90. The van der Waals surface area contributed by atoms with Crippen LogP contribution in [0.2, 0.25) is 0 Å². The lowest BCUT2D eigenvalue weighted by Gasteiger charge is -2.04. The van der Waals surface area contributed by atoms with Crippen LogP contribution in [0.1, 0.15) is 28.9 Å². The molecule has 0 saturated heterocycles. The molecule has 0 atom stereocenters. The molecular weight excluding hydrogens is 332 g/mol. The summed E-state index contributed by atoms with van der Waals surface area (Å²) in [5.74, 6) is 1.49. The van der Waals surface area contributed by atoms with E-state index in [-0.39, 0.29) is 12.5 Å². The van der Waals surface area contributed by atoms with Crippen molar-refractivity contribution in [3.8, 4) is 11.5 Å². The predicted octanol–water partition coefficient (Wildman–Crippen LogP) is 2.27. The largest absolute Gasteiger partial charge is 0.345 e. The summed E-state index contributed by atoms with van der Waals surface area (Å²) < 4.78 is 7.11. The fraction of sp³-hybridized carbons (Fsp3) is 0.167. The summed E-state index contributed by atoms with van der Waals surface area (Å²) in [5, 5.41) is 15.2. The Balaban J connectivity index is 1.59. The lowest BCUT2D eigenvalue weighted by Crippen LogP contribution is -2.23.